The van der Waals surface area contributed by atoms with Crippen LogP contribution in [0.15, 0.2) is 18.2 Å². The van der Waals surface area contributed by atoms with Gasteiger partial charge < -0.3 is 0 Å². The van der Waals surface area contributed by atoms with E-state index in [2.05, 4.69) is 0 Å². The van der Waals surface area contributed by atoms with Crippen molar-refractivity contribution in [1.29, 1.82) is 0 Å². The van der Waals surface area contributed by atoms with Crippen LogP contribution in [0.4, 0.5) is 0 Å². The van der Waals surface area contributed by atoms with Gasteiger partial charge in [-0.1, -0.05) is 24.6 Å². The van der Waals surface area contributed by atoms with E-state index in [1.54, 1.807) is 4.31 Å². The number of hydrogen-bond acceptors (Lipinski definition) is 2. The topological polar surface area (TPSA) is 37.4 Å². The molecule has 3 nitrogen and oxygen atoms in total. The van der Waals surface area contributed by atoms with Gasteiger partial charge in [-0.3, -0.25) is 0 Å². The summed E-state index contributed by atoms with van der Waals surface area (Å²) in [5, 5.41) is 0.665. The molecule has 0 radical (unpaired) electrons. The van der Waals surface area contributed by atoms with E-state index < -0.39 is 10.0 Å². The van der Waals surface area contributed by atoms with Crippen molar-refractivity contribution in [3.63, 3.8) is 0 Å². The molecule has 5 heteroatoms. The highest BCUT2D eigenvalue weighted by molar-refractivity contribution is 7.89. The van der Waals surface area contributed by atoms with E-state index in [-0.39, 0.29) is 5.75 Å². The molecule has 1 heterocycles. The lowest BCUT2D eigenvalue weighted by Crippen LogP contribution is -2.37. The molecule has 0 amide bonds. The van der Waals surface area contributed by atoms with Crippen molar-refractivity contribution < 1.29 is 8.42 Å². The quantitative estimate of drug-likeness (QED) is 0.848. The molecule has 94 valence electrons. The molecule has 1 aliphatic heterocycles. The Balaban J connectivity index is 2.24. The van der Waals surface area contributed by atoms with Crippen molar-refractivity contribution in [3.05, 3.63) is 34.3 Å². The second-order valence-corrected chi connectivity index (χ2v) is 6.84. The third-order valence-electron chi connectivity index (χ3n) is 3.00. The highest BCUT2D eigenvalue weighted by atomic mass is 35.5. The number of sulfonamides is 1. The summed E-state index contributed by atoms with van der Waals surface area (Å²) >= 11 is 5.93. The van der Waals surface area contributed by atoms with Gasteiger partial charge in [-0.05, 0) is 36.1 Å². The largest absolute Gasteiger partial charge is 0.214 e. The van der Waals surface area contributed by atoms with E-state index in [0.29, 0.717) is 24.5 Å². The Morgan fingerprint density at radius 2 is 2.12 bits per heavy atom. The van der Waals surface area contributed by atoms with Crippen LogP contribution in [0.1, 0.15) is 24.5 Å². The van der Waals surface area contributed by atoms with Gasteiger partial charge in [0.15, 0.2) is 0 Å². The molecule has 0 unspecified atom stereocenters. The monoisotopic (exact) mass is 273 g/mol. The van der Waals surface area contributed by atoms with E-state index >= 15 is 0 Å². The molecule has 0 saturated carbocycles. The fourth-order valence-electron chi connectivity index (χ4n) is 2.12. The van der Waals surface area contributed by atoms with Gasteiger partial charge in [0.25, 0.3) is 0 Å². The summed E-state index contributed by atoms with van der Waals surface area (Å²) in [6.45, 7) is 2.92. The summed E-state index contributed by atoms with van der Waals surface area (Å²) in [5.74, 6) is 0.225. The van der Waals surface area contributed by atoms with Crippen LogP contribution < -0.4 is 0 Å². The van der Waals surface area contributed by atoms with Gasteiger partial charge in [0.2, 0.25) is 10.0 Å². The summed E-state index contributed by atoms with van der Waals surface area (Å²) < 4.78 is 25.5. The molecule has 1 aromatic rings. The number of fused-ring (bicyclic) bond motifs is 1. The van der Waals surface area contributed by atoms with Crippen LogP contribution in [-0.2, 0) is 23.0 Å². The first-order chi connectivity index (χ1) is 8.03. The van der Waals surface area contributed by atoms with Gasteiger partial charge in [-0.15, -0.1) is 0 Å². The Kier molecular flexibility index (Phi) is 3.76. The minimum Gasteiger partial charge on any atom is -0.212 e. The van der Waals surface area contributed by atoms with Crippen molar-refractivity contribution in [3.8, 4) is 0 Å². The molecule has 0 spiro atoms. The number of benzene rings is 1. The Bertz CT molecular complexity index is 513. The van der Waals surface area contributed by atoms with Crippen LogP contribution in [0, 0.1) is 0 Å². The summed E-state index contributed by atoms with van der Waals surface area (Å²) in [6, 6.07) is 5.71. The number of hydrogen-bond donors (Lipinski definition) is 0. The lowest BCUT2D eigenvalue weighted by atomic mass is 10.0. The van der Waals surface area contributed by atoms with E-state index in [9.17, 15) is 8.42 Å². The molecule has 0 fully saturated rings. The first kappa shape index (κ1) is 12.9. The Morgan fingerprint density at radius 1 is 1.35 bits per heavy atom. The van der Waals surface area contributed by atoms with Gasteiger partial charge in [0.05, 0.1) is 5.75 Å². The zero-order chi connectivity index (χ0) is 12.5. The maximum atomic E-state index is 12.0. The smallest absolute Gasteiger partial charge is 0.212 e. The molecule has 1 aromatic carbocycles. The molecule has 2 rings (SSSR count). The number of rotatable bonds is 3. The Morgan fingerprint density at radius 3 is 2.82 bits per heavy atom. The summed E-state index contributed by atoms with van der Waals surface area (Å²) in [4.78, 5) is 0. The third kappa shape index (κ3) is 2.81. The molecule has 17 heavy (non-hydrogen) atoms. The Hall–Kier alpha value is -0.580. The fraction of sp³-hybridized carbons (Fsp3) is 0.500. The average molecular weight is 274 g/mol. The summed E-state index contributed by atoms with van der Waals surface area (Å²) in [6.07, 6.45) is 1.43. The van der Waals surface area contributed by atoms with E-state index in [1.807, 2.05) is 25.1 Å². The summed E-state index contributed by atoms with van der Waals surface area (Å²) in [7, 11) is -3.10. The molecular weight excluding hydrogens is 258 g/mol. The van der Waals surface area contributed by atoms with Crippen LogP contribution in [0.3, 0.4) is 0 Å². The molecule has 0 N–H and O–H groups in total. The predicted octanol–water partition coefficient (Wildman–Crippen LogP) is 2.44. The Labute approximate surface area is 107 Å². The predicted molar refractivity (Wildman–Crippen MR) is 69.6 cm³/mol. The molecule has 0 bridgehead atoms. The molecule has 0 saturated heterocycles. The second-order valence-electron chi connectivity index (χ2n) is 4.31. The van der Waals surface area contributed by atoms with Crippen LogP contribution >= 0.6 is 11.6 Å². The van der Waals surface area contributed by atoms with Crippen molar-refractivity contribution in [2.75, 3.05) is 12.3 Å². The highest BCUT2D eigenvalue weighted by Crippen LogP contribution is 2.24. The normalized spacial score (nSPS) is 16.8. The van der Waals surface area contributed by atoms with Gasteiger partial charge in [-0.25, -0.2) is 8.42 Å². The zero-order valence-electron chi connectivity index (χ0n) is 9.82. The first-order valence-corrected chi connectivity index (χ1v) is 7.77. The van der Waals surface area contributed by atoms with Gasteiger partial charge in [-0.2, -0.15) is 4.31 Å². The van der Waals surface area contributed by atoms with E-state index in [0.717, 1.165) is 12.0 Å². The van der Waals surface area contributed by atoms with Crippen LogP contribution in [0.5, 0.6) is 0 Å². The maximum absolute atomic E-state index is 12.0. The molecule has 0 aliphatic carbocycles. The molecule has 0 aromatic heterocycles. The first-order valence-electron chi connectivity index (χ1n) is 5.78. The molecule has 1 aliphatic rings. The van der Waals surface area contributed by atoms with Crippen LogP contribution in [-0.4, -0.2) is 25.0 Å². The number of halogens is 1. The van der Waals surface area contributed by atoms with Crippen molar-refractivity contribution >= 4 is 21.6 Å². The highest BCUT2D eigenvalue weighted by Gasteiger charge is 2.25. The molecule has 0 atom stereocenters. The third-order valence-corrected chi connectivity index (χ3v) is 5.26. The van der Waals surface area contributed by atoms with Crippen molar-refractivity contribution in [2.45, 2.75) is 26.3 Å². The van der Waals surface area contributed by atoms with Gasteiger partial charge >= 0.3 is 0 Å². The maximum Gasteiger partial charge on any atom is 0.214 e. The van der Waals surface area contributed by atoms with Gasteiger partial charge in [0, 0.05) is 18.1 Å². The minimum atomic E-state index is -3.10. The van der Waals surface area contributed by atoms with E-state index in [4.69, 9.17) is 11.6 Å². The number of nitrogens with zero attached hydrogens (tertiary/aromatic N) is 1. The van der Waals surface area contributed by atoms with Crippen molar-refractivity contribution in [2.24, 2.45) is 0 Å². The SMILES string of the molecule is CCCS(=O)(=O)N1CCc2ccc(Cl)cc2C1. The second kappa shape index (κ2) is 4.96. The van der Waals surface area contributed by atoms with Crippen LogP contribution in [0.25, 0.3) is 0 Å². The average Bonchev–Trinajstić information content (AvgIpc) is 2.28. The van der Waals surface area contributed by atoms with Crippen molar-refractivity contribution in [1.82, 2.24) is 4.31 Å². The van der Waals surface area contributed by atoms with E-state index in [1.165, 1.54) is 5.56 Å². The summed E-state index contributed by atoms with van der Waals surface area (Å²) in [5.41, 5.74) is 2.24. The lowest BCUT2D eigenvalue weighted by Gasteiger charge is -2.28. The van der Waals surface area contributed by atoms with Gasteiger partial charge in [0.1, 0.15) is 0 Å². The van der Waals surface area contributed by atoms with Crippen LogP contribution in [0.2, 0.25) is 5.02 Å². The standard InChI is InChI=1S/C12H16ClNO2S/c1-2-7-17(15,16)14-6-5-10-3-4-12(13)8-11(10)9-14/h3-4,8H,2,5-7,9H2,1H3. The lowest BCUT2D eigenvalue weighted by molar-refractivity contribution is 0.391. The minimum absolute atomic E-state index is 0.225. The zero-order valence-corrected chi connectivity index (χ0v) is 11.4. The fourth-order valence-corrected chi connectivity index (χ4v) is 3.80. The molecular formula is C12H16ClNO2S.